The molecule has 0 aliphatic carbocycles. The molecule has 13 rings (SSSR count). The molecule has 17 nitrogen and oxygen atoms in total. The molecular weight excluding hydrogens is 1040 g/mol. The van der Waals surface area contributed by atoms with E-state index in [-0.39, 0.29) is 5.56 Å². The van der Waals surface area contributed by atoms with Gasteiger partial charge in [-0.25, -0.2) is 34.7 Å². The van der Waals surface area contributed by atoms with Gasteiger partial charge in [-0.2, -0.15) is 0 Å². The molecule has 0 spiro atoms. The monoisotopic (exact) mass is 1100 g/mol. The maximum Gasteiger partial charge on any atom is 0.335 e. The fourth-order valence-corrected chi connectivity index (χ4v) is 10.1. The predicted octanol–water partition coefficient (Wildman–Crippen LogP) is 14.3. The van der Waals surface area contributed by atoms with E-state index in [1.54, 1.807) is 12.1 Å². The van der Waals surface area contributed by atoms with Crippen LogP contribution in [-0.2, 0) is 0 Å². The second-order valence-corrected chi connectivity index (χ2v) is 23.2. The smallest absolute Gasteiger partial charge is 0.335 e. The number of rotatable bonds is 12. The SMILES string of the molecule is C[N+](C)(C)c1cccc(Oc2ccc3c(c2)-c2nc-3nc3[nH]c(nc4nc(nc5[nH]c(n2)c2ccc(Oc6ccc(C(=O)O)cc6)cc52)-c2ccc(Oc5cccc([N+](C)(C)C)c5)cc2-4)c2ccc(Oc4cccc([N+](C)(C)C)c4)cc32)c1. The first-order chi connectivity index (χ1) is 39.7. The van der Waals surface area contributed by atoms with Crippen LogP contribution in [0.3, 0.4) is 0 Å². The molecule has 3 N–H and O–H groups in total. The van der Waals surface area contributed by atoms with Crippen molar-refractivity contribution in [1.29, 1.82) is 0 Å². The molecule has 8 aromatic carbocycles. The van der Waals surface area contributed by atoms with Crippen LogP contribution in [0, 0.1) is 0 Å². The first-order valence-corrected chi connectivity index (χ1v) is 26.9. The van der Waals surface area contributed by atoms with E-state index in [0.29, 0.717) is 133 Å². The van der Waals surface area contributed by atoms with Crippen LogP contribution in [0.2, 0.25) is 0 Å². The standard InChI is InChI=1S/C66H56N11O6/c1-75(2,3)39-13-10-16-43(31-39)81-47-24-28-51-55(35-47)64-70-59(51)68-62-54-34-46(80-42-21-19-38(20-22-42)66(78)79)23-27-50(54)58(67-62)69-63-56-36-48(82-44-17-11-14-40(32-44)76(4,5)6)25-29-52(56)60(71-63)73-65-57-37-49(26-30-53(57)61(72-64)74-65)83-45-18-12-15-41(33-45)77(7,8)9/h10-37H,1-9H3,(H-2,67,68,69,70,71,72,73,74,78,79)/q+1/p+2. The van der Waals surface area contributed by atoms with Crippen molar-refractivity contribution in [2.45, 2.75) is 0 Å². The molecule has 11 aromatic rings. The number of H-pyrrole nitrogens is 2. The van der Waals surface area contributed by atoms with E-state index in [1.165, 1.54) is 12.1 Å². The van der Waals surface area contributed by atoms with Gasteiger partial charge < -0.3 is 34.0 Å². The number of aromatic nitrogens is 8. The summed E-state index contributed by atoms with van der Waals surface area (Å²) in [5.41, 5.74) is 8.10. The van der Waals surface area contributed by atoms with E-state index >= 15 is 0 Å². The van der Waals surface area contributed by atoms with Crippen molar-refractivity contribution < 1.29 is 28.8 Å². The third-order valence-corrected chi connectivity index (χ3v) is 14.5. The van der Waals surface area contributed by atoms with Gasteiger partial charge in [0.15, 0.2) is 23.3 Å². The lowest BCUT2D eigenvalue weighted by Crippen LogP contribution is -2.34. The first-order valence-electron chi connectivity index (χ1n) is 26.9. The molecule has 0 saturated carbocycles. The number of aromatic amines is 2. The number of aromatic carboxylic acids is 1. The number of carbonyl (C=O) groups is 1. The van der Waals surface area contributed by atoms with Gasteiger partial charge in [0.05, 0.1) is 69.0 Å². The summed E-state index contributed by atoms with van der Waals surface area (Å²) in [6.07, 6.45) is 0. The van der Waals surface area contributed by atoms with E-state index < -0.39 is 5.97 Å². The Morgan fingerprint density at radius 2 is 0.651 bits per heavy atom. The fourth-order valence-electron chi connectivity index (χ4n) is 10.1. The Morgan fingerprint density at radius 3 is 1.02 bits per heavy atom. The van der Waals surface area contributed by atoms with Crippen LogP contribution >= 0.6 is 0 Å². The van der Waals surface area contributed by atoms with Crippen molar-refractivity contribution >= 4 is 67.2 Å². The lowest BCUT2D eigenvalue weighted by atomic mass is 10.1. The molecule has 0 atom stereocenters. The summed E-state index contributed by atoms with van der Waals surface area (Å²) in [4.78, 5) is 50.5. The van der Waals surface area contributed by atoms with Gasteiger partial charge in [-0.3, -0.25) is 13.4 Å². The topological polar surface area (TPSA) is 183 Å². The average molecular weight is 1100 g/mol. The molecule has 410 valence electrons. The lowest BCUT2D eigenvalue weighted by Gasteiger charge is -2.23. The quantitative estimate of drug-likeness (QED) is 0.0986. The maximum atomic E-state index is 11.7. The van der Waals surface area contributed by atoms with Crippen LogP contribution in [0.15, 0.2) is 170 Å². The number of hydrogen-bond acceptors (Lipinski definition) is 11. The van der Waals surface area contributed by atoms with Gasteiger partial charge in [0, 0.05) is 62.0 Å². The summed E-state index contributed by atoms with van der Waals surface area (Å²) < 4.78 is 28.0. The van der Waals surface area contributed by atoms with E-state index in [1.807, 2.05) is 127 Å². The van der Waals surface area contributed by atoms with Gasteiger partial charge in [-0.1, -0.05) is 18.2 Å². The van der Waals surface area contributed by atoms with Gasteiger partial charge in [0.1, 0.15) is 85.6 Å². The highest BCUT2D eigenvalue weighted by molar-refractivity contribution is 6.07. The molecule has 3 aromatic heterocycles. The Labute approximate surface area is 477 Å². The third kappa shape index (κ3) is 10.3. The molecule has 2 aliphatic heterocycles. The molecule has 0 radical (unpaired) electrons. The van der Waals surface area contributed by atoms with Gasteiger partial charge in [0.25, 0.3) is 0 Å². The number of ether oxygens (including phenoxy) is 4. The van der Waals surface area contributed by atoms with Crippen LogP contribution < -0.4 is 32.4 Å². The molecule has 2 aliphatic rings. The predicted molar refractivity (Wildman–Crippen MR) is 328 cm³/mol. The molecular formula is C66H58N11O6+3. The van der Waals surface area contributed by atoms with E-state index in [4.69, 9.17) is 48.9 Å². The van der Waals surface area contributed by atoms with Crippen molar-refractivity contribution in [3.63, 3.8) is 0 Å². The molecule has 0 saturated heterocycles. The number of benzene rings is 8. The Hall–Kier alpha value is -10.3. The van der Waals surface area contributed by atoms with E-state index in [0.717, 1.165) is 33.4 Å². The van der Waals surface area contributed by atoms with Crippen molar-refractivity contribution in [2.75, 3.05) is 63.4 Å². The Kier molecular flexibility index (Phi) is 12.4. The Morgan fingerprint density at radius 1 is 0.337 bits per heavy atom. The summed E-state index contributed by atoms with van der Waals surface area (Å²) in [5, 5.41) is 12.4. The van der Waals surface area contributed by atoms with Crippen LogP contribution in [0.1, 0.15) is 10.4 Å². The number of carboxylic acids is 1. The minimum absolute atomic E-state index is 0.147. The molecule has 0 amide bonds. The van der Waals surface area contributed by atoms with Gasteiger partial charge in [-0.15, -0.1) is 0 Å². The molecule has 5 heterocycles. The van der Waals surface area contributed by atoms with Crippen molar-refractivity contribution in [1.82, 2.24) is 53.3 Å². The summed E-state index contributed by atoms with van der Waals surface area (Å²) in [5.74, 6) is 5.29. The Bertz CT molecular complexity index is 4560. The zero-order chi connectivity index (χ0) is 57.5. The molecule has 8 bridgehead atoms. The summed E-state index contributed by atoms with van der Waals surface area (Å²) in [7, 11) is 19.0. The normalized spacial score (nSPS) is 12.3. The molecule has 83 heavy (non-hydrogen) atoms. The molecule has 0 unspecified atom stereocenters. The fraction of sp³-hybridized carbons (Fsp3) is 0.136. The zero-order valence-electron chi connectivity index (χ0n) is 47.2. The van der Waals surface area contributed by atoms with Crippen LogP contribution in [0.25, 0.3) is 89.7 Å². The van der Waals surface area contributed by atoms with Gasteiger partial charge in [-0.05, 0) is 133 Å². The lowest BCUT2D eigenvalue weighted by molar-refractivity contribution is 0.0696. The van der Waals surface area contributed by atoms with Crippen molar-refractivity contribution in [3.8, 4) is 91.5 Å². The number of carboxylic acid groups (broad SMARTS) is 1. The number of hydrogen-bond donors (Lipinski definition) is 3. The van der Waals surface area contributed by atoms with E-state index in [2.05, 4.69) is 91.6 Å². The summed E-state index contributed by atoms with van der Waals surface area (Å²) in [6, 6.07) is 53.5. The Balaban J connectivity index is 1.04. The summed E-state index contributed by atoms with van der Waals surface area (Å²) in [6.45, 7) is 0. The highest BCUT2D eigenvalue weighted by Crippen LogP contribution is 2.42. The minimum Gasteiger partial charge on any atom is -0.478 e. The average Bonchev–Trinajstić information content (AvgIpc) is 4.39. The number of nitrogens with one attached hydrogen (secondary N) is 2. The van der Waals surface area contributed by atoms with Crippen molar-refractivity contribution in [2.24, 2.45) is 0 Å². The highest BCUT2D eigenvalue weighted by atomic mass is 16.5. The minimum atomic E-state index is -1.03. The molecule has 17 heteroatoms. The zero-order valence-corrected chi connectivity index (χ0v) is 47.2. The largest absolute Gasteiger partial charge is 0.478 e. The number of nitrogens with zero attached hydrogens (tertiary/aromatic N) is 9. The van der Waals surface area contributed by atoms with E-state index in [9.17, 15) is 9.90 Å². The first kappa shape index (κ1) is 52.1. The number of fused-ring (bicyclic) bond motifs is 20. The summed E-state index contributed by atoms with van der Waals surface area (Å²) >= 11 is 0. The maximum absolute atomic E-state index is 11.7. The van der Waals surface area contributed by atoms with Gasteiger partial charge >= 0.3 is 5.97 Å². The van der Waals surface area contributed by atoms with Crippen LogP contribution in [0.4, 0.5) is 17.1 Å². The highest BCUT2D eigenvalue weighted by Gasteiger charge is 2.26. The van der Waals surface area contributed by atoms with Crippen LogP contribution in [0.5, 0.6) is 46.0 Å². The molecule has 0 fully saturated rings. The second kappa shape index (κ2) is 19.7. The number of quaternary nitrogens is 3. The third-order valence-electron chi connectivity index (χ3n) is 14.5. The van der Waals surface area contributed by atoms with Crippen molar-refractivity contribution in [3.05, 3.63) is 175 Å². The van der Waals surface area contributed by atoms with Gasteiger partial charge in [0.2, 0.25) is 0 Å². The second-order valence-electron chi connectivity index (χ2n) is 23.2. The van der Waals surface area contributed by atoms with Crippen LogP contribution in [-0.4, -0.2) is 114 Å².